The highest BCUT2D eigenvalue weighted by Gasteiger charge is 2.47. The third-order valence-electron chi connectivity index (χ3n) is 2.91. The van der Waals surface area contributed by atoms with Crippen molar-refractivity contribution < 1.29 is 19.0 Å². The minimum atomic E-state index is -0.579. The Morgan fingerprint density at radius 3 is 2.73 bits per heavy atom. The Labute approximate surface area is 89.2 Å². The van der Waals surface area contributed by atoms with Crippen LogP contribution in [0.1, 0.15) is 19.8 Å². The predicted octanol–water partition coefficient (Wildman–Crippen LogP) is 1.26. The van der Waals surface area contributed by atoms with Crippen molar-refractivity contribution in [2.45, 2.75) is 31.7 Å². The highest BCUT2D eigenvalue weighted by Crippen LogP contribution is 2.35. The van der Waals surface area contributed by atoms with E-state index >= 15 is 0 Å². The first-order valence-corrected chi connectivity index (χ1v) is 5.24. The quantitative estimate of drug-likeness (QED) is 0.520. The number of rotatable bonds is 4. The maximum atomic E-state index is 11.2. The molecule has 84 valence electrons. The standard InChI is InChI=1S/C11H16O4/c1-3-4-8-9(15-10(8)12)7-11(2)13-5-6-14-11/h3,8-9H,1,4-7H2,2H3/t8-,9-/m0/s1. The number of esters is 1. The summed E-state index contributed by atoms with van der Waals surface area (Å²) in [5.74, 6) is -0.779. The molecule has 2 atom stereocenters. The van der Waals surface area contributed by atoms with E-state index in [0.717, 1.165) is 0 Å². The summed E-state index contributed by atoms with van der Waals surface area (Å²) in [4.78, 5) is 11.2. The first kappa shape index (κ1) is 10.6. The first-order valence-electron chi connectivity index (χ1n) is 5.24. The Morgan fingerprint density at radius 1 is 1.53 bits per heavy atom. The number of ether oxygens (including phenoxy) is 3. The van der Waals surface area contributed by atoms with Crippen LogP contribution in [0.3, 0.4) is 0 Å². The van der Waals surface area contributed by atoms with Gasteiger partial charge in [-0.1, -0.05) is 6.08 Å². The minimum absolute atomic E-state index is 0.0628. The maximum absolute atomic E-state index is 11.2. The molecule has 0 radical (unpaired) electrons. The van der Waals surface area contributed by atoms with Gasteiger partial charge in [0.2, 0.25) is 0 Å². The van der Waals surface area contributed by atoms with Crippen molar-refractivity contribution in [1.29, 1.82) is 0 Å². The Balaban J connectivity index is 1.89. The van der Waals surface area contributed by atoms with Gasteiger partial charge in [-0.15, -0.1) is 6.58 Å². The highest BCUT2D eigenvalue weighted by atomic mass is 16.7. The molecule has 15 heavy (non-hydrogen) atoms. The van der Waals surface area contributed by atoms with Crippen LogP contribution in [-0.4, -0.2) is 31.1 Å². The maximum Gasteiger partial charge on any atom is 0.313 e. The van der Waals surface area contributed by atoms with E-state index in [-0.39, 0.29) is 18.0 Å². The zero-order valence-electron chi connectivity index (χ0n) is 8.90. The van der Waals surface area contributed by atoms with Crippen LogP contribution in [0.2, 0.25) is 0 Å². The van der Waals surface area contributed by atoms with Crippen molar-refractivity contribution in [3.8, 4) is 0 Å². The van der Waals surface area contributed by atoms with Crippen molar-refractivity contribution in [3.63, 3.8) is 0 Å². The summed E-state index contributed by atoms with van der Waals surface area (Å²) >= 11 is 0. The van der Waals surface area contributed by atoms with E-state index in [4.69, 9.17) is 14.2 Å². The molecule has 2 rings (SSSR count). The van der Waals surface area contributed by atoms with E-state index in [1.807, 2.05) is 6.92 Å². The molecule has 0 unspecified atom stereocenters. The van der Waals surface area contributed by atoms with Gasteiger partial charge in [-0.2, -0.15) is 0 Å². The van der Waals surface area contributed by atoms with E-state index in [9.17, 15) is 4.79 Å². The second-order valence-electron chi connectivity index (χ2n) is 4.14. The van der Waals surface area contributed by atoms with Crippen LogP contribution in [0.5, 0.6) is 0 Å². The van der Waals surface area contributed by atoms with E-state index in [2.05, 4.69) is 6.58 Å². The number of allylic oxidation sites excluding steroid dienone is 1. The number of cyclic esters (lactones) is 1. The summed E-state index contributed by atoms with van der Waals surface area (Å²) in [6.07, 6.45) is 2.94. The molecule has 0 amide bonds. The van der Waals surface area contributed by atoms with Gasteiger partial charge in [0.05, 0.1) is 19.1 Å². The Kier molecular flexibility index (Phi) is 2.80. The van der Waals surface area contributed by atoms with Crippen molar-refractivity contribution >= 4 is 5.97 Å². The van der Waals surface area contributed by atoms with Crippen LogP contribution in [0.25, 0.3) is 0 Å². The van der Waals surface area contributed by atoms with E-state index in [1.54, 1.807) is 6.08 Å². The van der Waals surface area contributed by atoms with Crippen LogP contribution < -0.4 is 0 Å². The summed E-state index contributed by atoms with van der Waals surface area (Å²) in [7, 11) is 0. The van der Waals surface area contributed by atoms with Crippen LogP contribution in [0.15, 0.2) is 12.7 Å². The van der Waals surface area contributed by atoms with E-state index in [1.165, 1.54) is 0 Å². The molecule has 2 aliphatic rings. The number of hydrogen-bond donors (Lipinski definition) is 0. The van der Waals surface area contributed by atoms with E-state index < -0.39 is 5.79 Å². The van der Waals surface area contributed by atoms with Gasteiger partial charge in [0.25, 0.3) is 0 Å². The zero-order chi connectivity index (χ0) is 10.9. The van der Waals surface area contributed by atoms with Gasteiger partial charge in [0.15, 0.2) is 5.79 Å². The molecule has 2 saturated heterocycles. The Bertz CT molecular complexity index is 268. The summed E-state index contributed by atoms with van der Waals surface area (Å²) in [6, 6.07) is 0. The van der Waals surface area contributed by atoms with Crippen LogP contribution in [0.4, 0.5) is 0 Å². The molecule has 2 aliphatic heterocycles. The Hall–Kier alpha value is -0.870. The molecule has 0 spiro atoms. The zero-order valence-corrected chi connectivity index (χ0v) is 8.90. The smallest absolute Gasteiger partial charge is 0.313 e. The van der Waals surface area contributed by atoms with Gasteiger partial charge >= 0.3 is 5.97 Å². The molecule has 0 bridgehead atoms. The average Bonchev–Trinajstić information content (AvgIpc) is 2.61. The lowest BCUT2D eigenvalue weighted by molar-refractivity contribution is -0.211. The van der Waals surface area contributed by atoms with Crippen molar-refractivity contribution in [2.75, 3.05) is 13.2 Å². The minimum Gasteiger partial charge on any atom is -0.461 e. The largest absolute Gasteiger partial charge is 0.461 e. The molecular weight excluding hydrogens is 196 g/mol. The fraction of sp³-hybridized carbons (Fsp3) is 0.727. The summed E-state index contributed by atoms with van der Waals surface area (Å²) in [6.45, 7) is 6.75. The fourth-order valence-corrected chi connectivity index (χ4v) is 2.05. The van der Waals surface area contributed by atoms with Crippen molar-refractivity contribution in [3.05, 3.63) is 12.7 Å². The number of carbonyl (C=O) groups excluding carboxylic acids is 1. The van der Waals surface area contributed by atoms with Gasteiger partial charge in [-0.05, 0) is 13.3 Å². The summed E-state index contributed by atoms with van der Waals surface area (Å²) in [5, 5.41) is 0. The third kappa shape index (κ3) is 2.06. The fourth-order valence-electron chi connectivity index (χ4n) is 2.05. The lowest BCUT2D eigenvalue weighted by Gasteiger charge is -2.38. The normalized spacial score (nSPS) is 33.3. The summed E-state index contributed by atoms with van der Waals surface area (Å²) < 4.78 is 16.0. The Morgan fingerprint density at radius 2 is 2.20 bits per heavy atom. The highest BCUT2D eigenvalue weighted by molar-refractivity contribution is 5.78. The molecule has 0 aromatic carbocycles. The average molecular weight is 212 g/mol. The topological polar surface area (TPSA) is 44.8 Å². The van der Waals surface area contributed by atoms with Crippen molar-refractivity contribution in [2.24, 2.45) is 5.92 Å². The second-order valence-corrected chi connectivity index (χ2v) is 4.14. The van der Waals surface area contributed by atoms with E-state index in [0.29, 0.717) is 26.1 Å². The summed E-state index contributed by atoms with van der Waals surface area (Å²) in [5.41, 5.74) is 0. The molecule has 2 fully saturated rings. The van der Waals surface area contributed by atoms with Crippen LogP contribution >= 0.6 is 0 Å². The molecule has 0 saturated carbocycles. The van der Waals surface area contributed by atoms with Crippen LogP contribution in [0, 0.1) is 5.92 Å². The monoisotopic (exact) mass is 212 g/mol. The van der Waals surface area contributed by atoms with Gasteiger partial charge in [0, 0.05) is 6.42 Å². The molecular formula is C11H16O4. The van der Waals surface area contributed by atoms with Crippen LogP contribution in [-0.2, 0) is 19.0 Å². The van der Waals surface area contributed by atoms with Gasteiger partial charge < -0.3 is 14.2 Å². The first-order chi connectivity index (χ1) is 7.14. The lowest BCUT2D eigenvalue weighted by atomic mass is 9.88. The SMILES string of the molecule is C=CC[C@@H]1C(=O)O[C@H]1CC1(C)OCCO1. The predicted molar refractivity (Wildman–Crippen MR) is 53.1 cm³/mol. The molecule has 0 aromatic heterocycles. The molecule has 0 aliphatic carbocycles. The van der Waals surface area contributed by atoms with Crippen molar-refractivity contribution in [1.82, 2.24) is 0 Å². The van der Waals surface area contributed by atoms with Gasteiger partial charge in [0.1, 0.15) is 6.10 Å². The molecule has 2 heterocycles. The third-order valence-corrected chi connectivity index (χ3v) is 2.91. The van der Waals surface area contributed by atoms with Gasteiger partial charge in [-0.3, -0.25) is 4.79 Å². The molecule has 4 nitrogen and oxygen atoms in total. The number of carbonyl (C=O) groups is 1. The second kappa shape index (κ2) is 3.94. The van der Waals surface area contributed by atoms with Gasteiger partial charge in [-0.25, -0.2) is 0 Å². The molecule has 4 heteroatoms. The number of hydrogen-bond acceptors (Lipinski definition) is 4. The molecule has 0 aromatic rings. The molecule has 0 N–H and O–H groups in total. The lowest BCUT2D eigenvalue weighted by Crippen LogP contribution is -2.49.